The number of carbonyl (C=O) groups excluding carboxylic acids is 1. The van der Waals surface area contributed by atoms with Crippen molar-refractivity contribution in [1.29, 1.82) is 0 Å². The minimum absolute atomic E-state index is 0.128. The second-order valence-electron chi connectivity index (χ2n) is 4.19. The van der Waals surface area contributed by atoms with E-state index in [4.69, 9.17) is 0 Å². The number of aromatic nitrogens is 2. The molecule has 2 rings (SSSR count). The average Bonchev–Trinajstić information content (AvgIpc) is 2.64. The number of amides is 1. The van der Waals surface area contributed by atoms with Crippen molar-refractivity contribution in [2.75, 3.05) is 5.32 Å². The van der Waals surface area contributed by atoms with Gasteiger partial charge in [-0.15, -0.1) is 0 Å². The molecule has 0 unspecified atom stereocenters. The molecule has 0 fully saturated rings. The van der Waals surface area contributed by atoms with Crippen molar-refractivity contribution in [1.82, 2.24) is 9.78 Å². The fourth-order valence-electron chi connectivity index (χ4n) is 1.85. The quantitative estimate of drug-likeness (QED) is 0.843. The lowest BCUT2D eigenvalue weighted by atomic mass is 10.1. The van der Waals surface area contributed by atoms with E-state index in [2.05, 4.69) is 33.0 Å². The second-order valence-corrected chi connectivity index (χ2v) is 5.35. The molecule has 94 valence electrons. The number of halogens is 1. The van der Waals surface area contributed by atoms with Crippen molar-refractivity contribution in [2.45, 2.75) is 13.8 Å². The number of hydrogen-bond donors (Lipinski definition) is 1. The maximum Gasteiger partial charge on any atom is 0.275 e. The fourth-order valence-corrected chi connectivity index (χ4v) is 2.57. The normalized spacial score (nSPS) is 10.4. The zero-order valence-corrected chi connectivity index (χ0v) is 12.6. The third-order valence-electron chi connectivity index (χ3n) is 2.83. The van der Waals surface area contributed by atoms with Crippen molar-refractivity contribution >= 4 is 34.2 Å². The molecular formula is C13H14IN3O. The van der Waals surface area contributed by atoms with Gasteiger partial charge in [-0.05, 0) is 47.6 Å². The predicted molar refractivity (Wildman–Crippen MR) is 79.8 cm³/mol. The highest BCUT2D eigenvalue weighted by Gasteiger charge is 2.16. The van der Waals surface area contributed by atoms with Crippen LogP contribution >= 0.6 is 22.6 Å². The van der Waals surface area contributed by atoms with E-state index in [0.717, 1.165) is 20.4 Å². The first-order chi connectivity index (χ1) is 8.50. The Morgan fingerprint density at radius 1 is 1.33 bits per heavy atom. The fraction of sp³-hybridized carbons (Fsp3) is 0.231. The van der Waals surface area contributed by atoms with Gasteiger partial charge in [-0.3, -0.25) is 9.48 Å². The summed E-state index contributed by atoms with van der Waals surface area (Å²) in [6, 6.07) is 5.95. The maximum atomic E-state index is 12.2. The Balaban J connectivity index is 2.33. The van der Waals surface area contributed by atoms with Crippen LogP contribution in [0.25, 0.3) is 0 Å². The van der Waals surface area contributed by atoms with Crippen molar-refractivity contribution in [3.8, 4) is 0 Å². The number of para-hydroxylation sites is 1. The highest BCUT2D eigenvalue weighted by molar-refractivity contribution is 14.1. The van der Waals surface area contributed by atoms with Gasteiger partial charge in [-0.1, -0.05) is 18.2 Å². The molecule has 2 aromatic rings. The molecule has 0 saturated heterocycles. The van der Waals surface area contributed by atoms with E-state index in [0.29, 0.717) is 5.69 Å². The molecule has 0 saturated carbocycles. The first-order valence-electron chi connectivity index (χ1n) is 5.55. The van der Waals surface area contributed by atoms with Crippen molar-refractivity contribution in [3.63, 3.8) is 0 Å². The van der Waals surface area contributed by atoms with Crippen LogP contribution < -0.4 is 5.32 Å². The molecule has 0 aliphatic heterocycles. The zero-order valence-electron chi connectivity index (χ0n) is 10.5. The van der Waals surface area contributed by atoms with Crippen LogP contribution in [0.3, 0.4) is 0 Å². The van der Waals surface area contributed by atoms with E-state index >= 15 is 0 Å². The number of rotatable bonds is 2. The van der Waals surface area contributed by atoms with Crippen molar-refractivity contribution in [2.24, 2.45) is 7.05 Å². The van der Waals surface area contributed by atoms with E-state index in [1.165, 1.54) is 0 Å². The summed E-state index contributed by atoms with van der Waals surface area (Å²) in [5.41, 5.74) is 3.57. The molecule has 18 heavy (non-hydrogen) atoms. The molecule has 0 bridgehead atoms. The van der Waals surface area contributed by atoms with E-state index in [-0.39, 0.29) is 5.91 Å². The molecule has 1 amide bonds. The lowest BCUT2D eigenvalue weighted by Crippen LogP contribution is -2.18. The average molecular weight is 355 g/mol. The zero-order chi connectivity index (χ0) is 13.3. The van der Waals surface area contributed by atoms with Gasteiger partial charge in [0.2, 0.25) is 0 Å². The van der Waals surface area contributed by atoms with Gasteiger partial charge in [0.25, 0.3) is 5.91 Å². The van der Waals surface area contributed by atoms with Gasteiger partial charge in [0.05, 0.1) is 9.77 Å². The summed E-state index contributed by atoms with van der Waals surface area (Å²) in [5, 5.41) is 7.03. The molecule has 1 aromatic carbocycles. The maximum absolute atomic E-state index is 12.2. The van der Waals surface area contributed by atoms with Crippen molar-refractivity contribution < 1.29 is 4.79 Å². The highest BCUT2D eigenvalue weighted by atomic mass is 127. The van der Waals surface area contributed by atoms with E-state index in [1.54, 1.807) is 17.9 Å². The Bertz CT molecular complexity index is 565. The number of aryl methyl sites for hydroxylation is 3. The SMILES string of the molecule is Cc1cccc(C)c1NC(=O)c1c(I)cnn1C. The molecule has 0 aliphatic rings. The largest absolute Gasteiger partial charge is 0.320 e. The standard InChI is InChI=1S/C13H14IN3O/c1-8-5-4-6-9(2)11(8)16-13(18)12-10(14)7-15-17(12)3/h4-7H,1-3H3,(H,16,18). The molecule has 1 aromatic heterocycles. The van der Waals surface area contributed by atoms with Gasteiger partial charge < -0.3 is 5.32 Å². The number of anilines is 1. The van der Waals surface area contributed by atoms with E-state index in [1.807, 2.05) is 32.0 Å². The molecule has 0 atom stereocenters. The number of nitrogens with zero attached hydrogens (tertiary/aromatic N) is 2. The summed E-state index contributed by atoms with van der Waals surface area (Å²) < 4.78 is 2.43. The topological polar surface area (TPSA) is 46.9 Å². The van der Waals surface area contributed by atoms with Crippen LogP contribution in [0.15, 0.2) is 24.4 Å². The Morgan fingerprint density at radius 2 is 1.94 bits per heavy atom. The lowest BCUT2D eigenvalue weighted by Gasteiger charge is -2.11. The number of nitrogens with one attached hydrogen (secondary N) is 1. The highest BCUT2D eigenvalue weighted by Crippen LogP contribution is 2.21. The van der Waals surface area contributed by atoms with Gasteiger partial charge >= 0.3 is 0 Å². The molecule has 1 N–H and O–H groups in total. The Labute approximate surface area is 120 Å². The van der Waals surface area contributed by atoms with Gasteiger partial charge in [-0.2, -0.15) is 5.10 Å². The van der Waals surface area contributed by atoms with Gasteiger partial charge in [0.1, 0.15) is 5.69 Å². The monoisotopic (exact) mass is 355 g/mol. The van der Waals surface area contributed by atoms with Crippen LogP contribution in [-0.4, -0.2) is 15.7 Å². The summed E-state index contributed by atoms with van der Waals surface area (Å²) in [5.74, 6) is -0.128. The minimum Gasteiger partial charge on any atom is -0.320 e. The number of carbonyl (C=O) groups is 1. The molecule has 1 heterocycles. The molecular weight excluding hydrogens is 341 g/mol. The molecule has 0 aliphatic carbocycles. The van der Waals surface area contributed by atoms with E-state index in [9.17, 15) is 4.79 Å². The van der Waals surface area contributed by atoms with Crippen LogP contribution in [0.5, 0.6) is 0 Å². The Morgan fingerprint density at radius 3 is 2.44 bits per heavy atom. The molecule has 0 radical (unpaired) electrons. The smallest absolute Gasteiger partial charge is 0.275 e. The van der Waals surface area contributed by atoms with Crippen LogP contribution in [-0.2, 0) is 7.05 Å². The summed E-state index contributed by atoms with van der Waals surface area (Å²) >= 11 is 2.11. The van der Waals surface area contributed by atoms with Gasteiger partial charge in [0, 0.05) is 12.7 Å². The third-order valence-corrected chi connectivity index (χ3v) is 3.62. The number of hydrogen-bond acceptors (Lipinski definition) is 2. The summed E-state index contributed by atoms with van der Waals surface area (Å²) in [4.78, 5) is 12.2. The minimum atomic E-state index is -0.128. The molecule has 5 heteroatoms. The third kappa shape index (κ3) is 2.40. The second kappa shape index (κ2) is 5.09. The first-order valence-corrected chi connectivity index (χ1v) is 6.63. The number of benzene rings is 1. The predicted octanol–water partition coefficient (Wildman–Crippen LogP) is 2.89. The summed E-state index contributed by atoms with van der Waals surface area (Å²) in [6.45, 7) is 3.97. The Kier molecular flexibility index (Phi) is 3.70. The molecule has 0 spiro atoms. The van der Waals surface area contributed by atoms with Gasteiger partial charge in [-0.25, -0.2) is 0 Å². The summed E-state index contributed by atoms with van der Waals surface area (Å²) in [6.07, 6.45) is 1.68. The van der Waals surface area contributed by atoms with Crippen LogP contribution in [0.2, 0.25) is 0 Å². The molecule has 4 nitrogen and oxygen atoms in total. The van der Waals surface area contributed by atoms with Crippen LogP contribution in [0.1, 0.15) is 21.6 Å². The van der Waals surface area contributed by atoms with Crippen LogP contribution in [0.4, 0.5) is 5.69 Å². The van der Waals surface area contributed by atoms with Crippen LogP contribution in [0, 0.1) is 17.4 Å². The van der Waals surface area contributed by atoms with Crippen molar-refractivity contribution in [3.05, 3.63) is 44.8 Å². The first kappa shape index (κ1) is 13.1. The van der Waals surface area contributed by atoms with E-state index < -0.39 is 0 Å². The van der Waals surface area contributed by atoms with Gasteiger partial charge in [0.15, 0.2) is 0 Å². The Hall–Kier alpha value is -1.37. The lowest BCUT2D eigenvalue weighted by molar-refractivity contribution is 0.101. The summed E-state index contributed by atoms with van der Waals surface area (Å²) in [7, 11) is 1.77.